The number of benzene rings is 1. The molecule has 6 heteroatoms. The number of hydrogen-bond acceptors (Lipinski definition) is 5. The molecule has 1 aromatic carbocycles. The van der Waals surface area contributed by atoms with Crippen LogP contribution in [0.5, 0.6) is 0 Å². The minimum Gasteiger partial charge on any atom is -0.356 e. The fourth-order valence-corrected chi connectivity index (χ4v) is 4.31. The van der Waals surface area contributed by atoms with E-state index in [-0.39, 0.29) is 0 Å². The highest BCUT2D eigenvalue weighted by Crippen LogP contribution is 2.28. The summed E-state index contributed by atoms with van der Waals surface area (Å²) < 4.78 is 5.56. The molecular weight excluding hydrogens is 352 g/mol. The van der Waals surface area contributed by atoms with Crippen LogP contribution in [-0.4, -0.2) is 67.2 Å². The van der Waals surface area contributed by atoms with Crippen LogP contribution in [0.15, 0.2) is 40.9 Å². The predicted molar refractivity (Wildman–Crippen MR) is 109 cm³/mol. The molecule has 0 unspecified atom stereocenters. The van der Waals surface area contributed by atoms with Crippen molar-refractivity contribution in [3.63, 3.8) is 0 Å². The lowest BCUT2D eigenvalue weighted by Crippen LogP contribution is -2.48. The zero-order valence-corrected chi connectivity index (χ0v) is 16.6. The van der Waals surface area contributed by atoms with Gasteiger partial charge in [0.25, 0.3) is 0 Å². The zero-order chi connectivity index (χ0) is 19.3. The van der Waals surface area contributed by atoms with Gasteiger partial charge in [0.2, 0.25) is 5.91 Å². The van der Waals surface area contributed by atoms with Crippen LogP contribution in [0, 0.1) is 11.8 Å². The number of carbonyl (C=O) groups is 1. The summed E-state index contributed by atoms with van der Waals surface area (Å²) in [6.07, 6.45) is 2.55. The van der Waals surface area contributed by atoms with Crippen molar-refractivity contribution in [3.8, 4) is 11.3 Å². The van der Waals surface area contributed by atoms with Gasteiger partial charge in [0.1, 0.15) is 0 Å². The van der Waals surface area contributed by atoms with Crippen molar-refractivity contribution in [2.24, 2.45) is 11.8 Å². The van der Waals surface area contributed by atoms with Gasteiger partial charge in [-0.3, -0.25) is 4.79 Å². The number of piperidine rings is 1. The number of amides is 1. The fourth-order valence-electron chi connectivity index (χ4n) is 4.31. The molecule has 0 aliphatic carbocycles. The topological polar surface area (TPSA) is 61.6 Å². The van der Waals surface area contributed by atoms with Crippen LogP contribution in [0.2, 0.25) is 0 Å². The Morgan fingerprint density at radius 2 is 1.96 bits per heavy atom. The van der Waals surface area contributed by atoms with Crippen LogP contribution in [0.25, 0.3) is 11.3 Å². The quantitative estimate of drug-likeness (QED) is 0.860. The Morgan fingerprint density at radius 3 is 2.75 bits per heavy atom. The summed E-state index contributed by atoms with van der Waals surface area (Å²) in [5, 5.41) is 7.79. The lowest BCUT2D eigenvalue weighted by Gasteiger charge is -2.36. The Bertz CT molecular complexity index is 768. The van der Waals surface area contributed by atoms with Gasteiger partial charge < -0.3 is 19.6 Å². The molecule has 150 valence electrons. The molecule has 1 amide bonds. The van der Waals surface area contributed by atoms with E-state index >= 15 is 0 Å². The molecule has 2 saturated heterocycles. The van der Waals surface area contributed by atoms with Crippen LogP contribution < -0.4 is 5.32 Å². The summed E-state index contributed by atoms with van der Waals surface area (Å²) in [6, 6.07) is 12.1. The summed E-state index contributed by atoms with van der Waals surface area (Å²) in [6.45, 7) is 5.59. The first-order valence-electron chi connectivity index (χ1n) is 10.4. The Labute approximate surface area is 166 Å². The van der Waals surface area contributed by atoms with Gasteiger partial charge >= 0.3 is 0 Å². The van der Waals surface area contributed by atoms with Crippen molar-refractivity contribution in [1.82, 2.24) is 20.3 Å². The van der Waals surface area contributed by atoms with Crippen molar-refractivity contribution in [2.75, 3.05) is 46.3 Å². The third-order valence-electron chi connectivity index (χ3n) is 6.15. The van der Waals surface area contributed by atoms with Crippen LogP contribution in [0.3, 0.4) is 0 Å². The van der Waals surface area contributed by atoms with E-state index < -0.39 is 0 Å². The molecule has 0 saturated carbocycles. The van der Waals surface area contributed by atoms with E-state index in [1.807, 2.05) is 41.3 Å². The first kappa shape index (κ1) is 19.2. The van der Waals surface area contributed by atoms with Crippen molar-refractivity contribution < 1.29 is 9.32 Å². The van der Waals surface area contributed by atoms with Crippen molar-refractivity contribution in [2.45, 2.75) is 19.3 Å². The van der Waals surface area contributed by atoms with Gasteiger partial charge in [-0.05, 0) is 44.8 Å². The normalized spacial score (nSPS) is 23.7. The van der Waals surface area contributed by atoms with E-state index in [9.17, 15) is 4.79 Å². The standard InChI is InChI=1S/C22H30N4O2/c1-25-9-11-26(12-10-25)22(27)14-18-7-8-23-16-19(18)13-20-15-21(28-24-20)17-5-3-2-4-6-17/h2-6,15,18-19,23H,7-14,16H2,1H3/t18-,19-/m0/s1. The van der Waals surface area contributed by atoms with Gasteiger partial charge in [-0.2, -0.15) is 0 Å². The molecule has 0 radical (unpaired) electrons. The third kappa shape index (κ3) is 4.62. The van der Waals surface area contributed by atoms with Crippen LogP contribution >= 0.6 is 0 Å². The number of hydrogen-bond donors (Lipinski definition) is 1. The highest BCUT2D eigenvalue weighted by atomic mass is 16.5. The monoisotopic (exact) mass is 382 g/mol. The SMILES string of the molecule is CN1CCN(C(=O)C[C@@H]2CCNC[C@@H]2Cc2cc(-c3ccccc3)on2)CC1. The third-order valence-corrected chi connectivity index (χ3v) is 6.15. The lowest BCUT2D eigenvalue weighted by atomic mass is 9.81. The molecule has 0 spiro atoms. The molecule has 2 fully saturated rings. The van der Waals surface area contributed by atoms with Crippen molar-refractivity contribution in [1.29, 1.82) is 0 Å². The fraction of sp³-hybridized carbons (Fsp3) is 0.545. The minimum absolute atomic E-state index is 0.315. The molecule has 4 rings (SSSR count). The molecular formula is C22H30N4O2. The molecule has 2 aliphatic heterocycles. The van der Waals surface area contributed by atoms with E-state index in [0.717, 1.165) is 69.1 Å². The highest BCUT2D eigenvalue weighted by Gasteiger charge is 2.30. The lowest BCUT2D eigenvalue weighted by molar-refractivity contribution is -0.134. The van der Waals surface area contributed by atoms with Gasteiger partial charge in [0.15, 0.2) is 5.76 Å². The van der Waals surface area contributed by atoms with Crippen molar-refractivity contribution in [3.05, 3.63) is 42.1 Å². The molecule has 28 heavy (non-hydrogen) atoms. The maximum absolute atomic E-state index is 12.8. The number of likely N-dealkylation sites (N-methyl/N-ethyl adjacent to an activating group) is 1. The van der Waals surface area contributed by atoms with Crippen LogP contribution in [0.1, 0.15) is 18.5 Å². The van der Waals surface area contributed by atoms with E-state index in [2.05, 4.69) is 22.4 Å². The number of nitrogens with zero attached hydrogens (tertiary/aromatic N) is 3. The summed E-state index contributed by atoms with van der Waals surface area (Å²) >= 11 is 0. The molecule has 1 N–H and O–H groups in total. The molecule has 2 atom stereocenters. The summed E-state index contributed by atoms with van der Waals surface area (Å²) in [5.41, 5.74) is 2.02. The number of nitrogens with one attached hydrogen (secondary N) is 1. The number of piperazine rings is 1. The Morgan fingerprint density at radius 1 is 1.18 bits per heavy atom. The molecule has 2 aromatic rings. The van der Waals surface area contributed by atoms with E-state index in [4.69, 9.17) is 4.52 Å². The van der Waals surface area contributed by atoms with Gasteiger partial charge in [-0.1, -0.05) is 35.5 Å². The summed E-state index contributed by atoms with van der Waals surface area (Å²) in [7, 11) is 2.12. The first-order chi connectivity index (χ1) is 13.7. The van der Waals surface area contributed by atoms with Crippen LogP contribution in [0.4, 0.5) is 0 Å². The van der Waals surface area contributed by atoms with Gasteiger partial charge in [-0.15, -0.1) is 0 Å². The highest BCUT2D eigenvalue weighted by molar-refractivity contribution is 5.76. The molecule has 1 aromatic heterocycles. The minimum atomic E-state index is 0.315. The zero-order valence-electron chi connectivity index (χ0n) is 16.6. The van der Waals surface area contributed by atoms with Crippen LogP contribution in [-0.2, 0) is 11.2 Å². The molecule has 2 aliphatic rings. The maximum atomic E-state index is 12.8. The average molecular weight is 383 g/mol. The molecule has 0 bridgehead atoms. The summed E-state index contributed by atoms with van der Waals surface area (Å²) in [5.74, 6) is 1.95. The largest absolute Gasteiger partial charge is 0.356 e. The smallest absolute Gasteiger partial charge is 0.222 e. The van der Waals surface area contributed by atoms with Crippen molar-refractivity contribution >= 4 is 5.91 Å². The van der Waals surface area contributed by atoms with Gasteiger partial charge in [0.05, 0.1) is 5.69 Å². The summed E-state index contributed by atoms with van der Waals surface area (Å²) in [4.78, 5) is 17.1. The van der Waals surface area contributed by atoms with E-state index in [0.29, 0.717) is 24.2 Å². The number of carbonyl (C=O) groups excluding carboxylic acids is 1. The maximum Gasteiger partial charge on any atom is 0.222 e. The Kier molecular flexibility index (Phi) is 6.07. The molecule has 6 nitrogen and oxygen atoms in total. The second-order valence-corrected chi connectivity index (χ2v) is 8.15. The second-order valence-electron chi connectivity index (χ2n) is 8.15. The Balaban J connectivity index is 1.37. The average Bonchev–Trinajstić information content (AvgIpc) is 3.19. The van der Waals surface area contributed by atoms with Gasteiger partial charge in [0, 0.05) is 44.2 Å². The van der Waals surface area contributed by atoms with E-state index in [1.54, 1.807) is 0 Å². The van der Waals surface area contributed by atoms with E-state index in [1.165, 1.54) is 0 Å². The van der Waals surface area contributed by atoms with Gasteiger partial charge in [-0.25, -0.2) is 0 Å². The Hall–Kier alpha value is -2.18. The number of rotatable bonds is 5. The number of aromatic nitrogens is 1. The first-order valence-corrected chi connectivity index (χ1v) is 10.4. The molecule has 3 heterocycles. The second kappa shape index (κ2) is 8.88. The predicted octanol–water partition coefficient (Wildman–Crippen LogP) is 2.27.